The summed E-state index contributed by atoms with van der Waals surface area (Å²) < 4.78 is 15.8. The number of methoxy groups -OCH3 is 2. The summed E-state index contributed by atoms with van der Waals surface area (Å²) >= 11 is 0. The zero-order valence-electron chi connectivity index (χ0n) is 16.1. The number of aliphatic hydroxyl groups excluding tert-OH is 2. The minimum Gasteiger partial charge on any atom is -0.466 e. The maximum Gasteiger partial charge on any atom is 0.333 e. The summed E-state index contributed by atoms with van der Waals surface area (Å²) in [7, 11) is 2.40. The van der Waals surface area contributed by atoms with E-state index in [1.807, 2.05) is 0 Å². The van der Waals surface area contributed by atoms with Gasteiger partial charge in [-0.25, -0.2) is 14.4 Å². The van der Waals surface area contributed by atoms with Gasteiger partial charge in [0.25, 0.3) is 5.56 Å². The SMILES string of the molecule is COC(=O)/C=C(/CCCC[C@H]1O[C@@H](n2ccc(=O)[nH]c2=O)[C@H](O)[C@@H]1O)C(=O)OC. The molecule has 0 spiro atoms. The van der Waals surface area contributed by atoms with Gasteiger partial charge in [0.2, 0.25) is 0 Å². The first-order valence-electron chi connectivity index (χ1n) is 8.98. The number of rotatable bonds is 8. The number of esters is 2. The minimum atomic E-state index is -1.35. The molecule has 1 aromatic rings. The first kappa shape index (κ1) is 22.5. The molecular weight excluding hydrogens is 388 g/mol. The van der Waals surface area contributed by atoms with E-state index < -0.39 is 47.7 Å². The third-order valence-electron chi connectivity index (χ3n) is 4.59. The van der Waals surface area contributed by atoms with Gasteiger partial charge in [-0.15, -0.1) is 0 Å². The van der Waals surface area contributed by atoms with E-state index in [4.69, 9.17) is 4.74 Å². The molecule has 1 saturated heterocycles. The highest BCUT2D eigenvalue weighted by molar-refractivity contribution is 5.96. The molecular formula is C18H24N2O9. The minimum absolute atomic E-state index is 0.157. The number of aromatic nitrogens is 2. The first-order chi connectivity index (χ1) is 13.8. The van der Waals surface area contributed by atoms with Gasteiger partial charge in [0, 0.05) is 23.9 Å². The van der Waals surface area contributed by atoms with Crippen LogP contribution in [0.3, 0.4) is 0 Å². The molecule has 0 aliphatic carbocycles. The third-order valence-corrected chi connectivity index (χ3v) is 4.59. The van der Waals surface area contributed by atoms with Gasteiger partial charge in [-0.3, -0.25) is 14.3 Å². The largest absolute Gasteiger partial charge is 0.466 e. The van der Waals surface area contributed by atoms with Crippen LogP contribution in [-0.2, 0) is 23.8 Å². The normalized spacial score (nSPS) is 24.3. The van der Waals surface area contributed by atoms with E-state index in [0.717, 1.165) is 16.7 Å². The molecule has 1 fully saturated rings. The first-order valence-corrected chi connectivity index (χ1v) is 8.98. The zero-order valence-corrected chi connectivity index (χ0v) is 16.1. The van der Waals surface area contributed by atoms with Crippen LogP contribution in [0.5, 0.6) is 0 Å². The Bertz CT molecular complexity index is 873. The van der Waals surface area contributed by atoms with Gasteiger partial charge in [0.05, 0.1) is 20.3 Å². The summed E-state index contributed by atoms with van der Waals surface area (Å²) in [5, 5.41) is 20.4. The molecule has 0 amide bonds. The Labute approximate surface area is 165 Å². The van der Waals surface area contributed by atoms with Crippen LogP contribution in [0.1, 0.15) is 31.9 Å². The Morgan fingerprint density at radius 3 is 2.55 bits per heavy atom. The predicted octanol–water partition coefficient (Wildman–Crippen LogP) is -1.01. The fourth-order valence-electron chi connectivity index (χ4n) is 3.05. The van der Waals surface area contributed by atoms with Gasteiger partial charge in [-0.1, -0.05) is 6.42 Å². The Hall–Kier alpha value is -2.76. The number of carbonyl (C=O) groups is 2. The molecule has 4 atom stereocenters. The van der Waals surface area contributed by atoms with E-state index in [0.29, 0.717) is 19.3 Å². The Morgan fingerprint density at radius 2 is 1.93 bits per heavy atom. The molecule has 0 radical (unpaired) electrons. The maximum atomic E-state index is 11.9. The number of carbonyl (C=O) groups excluding carboxylic acids is 2. The summed E-state index contributed by atoms with van der Waals surface area (Å²) in [4.78, 5) is 48.2. The molecule has 11 heteroatoms. The average molecular weight is 412 g/mol. The number of H-pyrrole nitrogens is 1. The zero-order chi connectivity index (χ0) is 21.6. The topological polar surface area (TPSA) is 157 Å². The molecule has 29 heavy (non-hydrogen) atoms. The lowest BCUT2D eigenvalue weighted by Gasteiger charge is -2.16. The van der Waals surface area contributed by atoms with E-state index in [1.54, 1.807) is 0 Å². The van der Waals surface area contributed by atoms with Gasteiger partial charge in [0.1, 0.15) is 12.2 Å². The molecule has 2 rings (SSSR count). The highest BCUT2D eigenvalue weighted by atomic mass is 16.6. The van der Waals surface area contributed by atoms with Gasteiger partial charge in [0.15, 0.2) is 6.23 Å². The van der Waals surface area contributed by atoms with Crippen molar-refractivity contribution in [2.75, 3.05) is 14.2 Å². The molecule has 160 valence electrons. The fraction of sp³-hybridized carbons (Fsp3) is 0.556. The van der Waals surface area contributed by atoms with Gasteiger partial charge in [-0.05, 0) is 19.3 Å². The van der Waals surface area contributed by atoms with Crippen LogP contribution in [0, 0.1) is 0 Å². The molecule has 1 aromatic heterocycles. The molecule has 1 aliphatic rings. The average Bonchev–Trinajstić information content (AvgIpc) is 2.97. The Kier molecular flexibility index (Phi) is 7.88. The quantitative estimate of drug-likeness (QED) is 0.276. The van der Waals surface area contributed by atoms with Crippen molar-refractivity contribution in [1.82, 2.24) is 9.55 Å². The van der Waals surface area contributed by atoms with Crippen LogP contribution in [0.2, 0.25) is 0 Å². The van der Waals surface area contributed by atoms with Crippen LogP contribution in [0.4, 0.5) is 0 Å². The summed E-state index contributed by atoms with van der Waals surface area (Å²) in [6.07, 6.45) is -0.669. The molecule has 0 bridgehead atoms. The van der Waals surface area contributed by atoms with Crippen molar-refractivity contribution in [1.29, 1.82) is 0 Å². The summed E-state index contributed by atoms with van der Waals surface area (Å²) in [5.41, 5.74) is -1.19. The Balaban J connectivity index is 1.94. The lowest BCUT2D eigenvalue weighted by molar-refractivity contribution is -0.138. The van der Waals surface area contributed by atoms with Crippen LogP contribution >= 0.6 is 0 Å². The number of nitrogens with one attached hydrogen (secondary N) is 1. The Morgan fingerprint density at radius 1 is 1.21 bits per heavy atom. The number of unbranched alkanes of at least 4 members (excludes halogenated alkanes) is 1. The van der Waals surface area contributed by atoms with E-state index in [-0.39, 0.29) is 12.0 Å². The van der Waals surface area contributed by atoms with Crippen LogP contribution in [0.25, 0.3) is 0 Å². The molecule has 3 N–H and O–H groups in total. The lowest BCUT2D eigenvalue weighted by atomic mass is 10.0. The summed E-state index contributed by atoms with van der Waals surface area (Å²) in [6, 6.07) is 1.11. The second-order valence-electron chi connectivity index (χ2n) is 6.49. The number of aromatic amines is 1. The standard InChI is InChI=1S/C18H24N2O9/c1-27-13(22)9-10(17(25)28-2)5-3-4-6-11-14(23)15(24)16(29-11)20-8-7-12(21)19-18(20)26/h7-9,11,14-16,23-24H,3-6H2,1-2H3,(H,19,21,26)/b10-9-/t11-,14-,15-,16-/m1/s1. The van der Waals surface area contributed by atoms with E-state index in [2.05, 4.69) is 14.5 Å². The summed E-state index contributed by atoms with van der Waals surface area (Å²) in [6.45, 7) is 0. The molecule has 11 nitrogen and oxygen atoms in total. The molecule has 0 saturated carbocycles. The monoisotopic (exact) mass is 412 g/mol. The van der Waals surface area contributed by atoms with E-state index >= 15 is 0 Å². The number of ether oxygens (including phenoxy) is 3. The number of nitrogens with zero attached hydrogens (tertiary/aromatic N) is 1. The van der Waals surface area contributed by atoms with Crippen LogP contribution < -0.4 is 11.2 Å². The van der Waals surface area contributed by atoms with Gasteiger partial charge in [-0.2, -0.15) is 0 Å². The van der Waals surface area contributed by atoms with Crippen molar-refractivity contribution in [3.05, 3.63) is 44.8 Å². The van der Waals surface area contributed by atoms with Crippen LogP contribution in [0.15, 0.2) is 33.5 Å². The molecule has 0 unspecified atom stereocenters. The van der Waals surface area contributed by atoms with Crippen molar-refractivity contribution < 1.29 is 34.0 Å². The van der Waals surface area contributed by atoms with Gasteiger partial charge >= 0.3 is 17.6 Å². The van der Waals surface area contributed by atoms with Crippen molar-refractivity contribution >= 4 is 11.9 Å². The van der Waals surface area contributed by atoms with E-state index in [1.165, 1.54) is 20.4 Å². The van der Waals surface area contributed by atoms with Crippen molar-refractivity contribution in [3.63, 3.8) is 0 Å². The third kappa shape index (κ3) is 5.62. The highest BCUT2D eigenvalue weighted by Crippen LogP contribution is 2.31. The highest BCUT2D eigenvalue weighted by Gasteiger charge is 2.43. The predicted molar refractivity (Wildman–Crippen MR) is 97.8 cm³/mol. The maximum absolute atomic E-state index is 11.9. The van der Waals surface area contributed by atoms with Crippen molar-refractivity contribution in [3.8, 4) is 0 Å². The number of hydrogen-bond donors (Lipinski definition) is 3. The second kappa shape index (κ2) is 10.1. The van der Waals surface area contributed by atoms with Gasteiger partial charge < -0.3 is 24.4 Å². The molecule has 0 aromatic carbocycles. The molecule has 1 aliphatic heterocycles. The number of hydrogen-bond acceptors (Lipinski definition) is 9. The summed E-state index contributed by atoms with van der Waals surface area (Å²) in [5.74, 6) is -1.31. The number of aliphatic hydroxyl groups is 2. The van der Waals surface area contributed by atoms with E-state index in [9.17, 15) is 29.4 Å². The van der Waals surface area contributed by atoms with Crippen LogP contribution in [-0.4, -0.2) is 64.2 Å². The smallest absolute Gasteiger partial charge is 0.333 e. The van der Waals surface area contributed by atoms with Crippen molar-refractivity contribution in [2.45, 2.75) is 50.2 Å². The fourth-order valence-corrected chi connectivity index (χ4v) is 3.05. The second-order valence-corrected chi connectivity index (χ2v) is 6.49. The molecule has 2 heterocycles. The lowest BCUT2D eigenvalue weighted by Crippen LogP contribution is -2.37. The van der Waals surface area contributed by atoms with Crippen molar-refractivity contribution in [2.24, 2.45) is 0 Å².